The molecule has 2 aliphatic carbocycles. The van der Waals surface area contributed by atoms with Crippen LogP contribution in [0.1, 0.15) is 79.9 Å². The van der Waals surface area contributed by atoms with E-state index in [-0.39, 0.29) is 23.5 Å². The number of nitrogens with zero attached hydrogens (tertiary/aromatic N) is 3. The van der Waals surface area contributed by atoms with Gasteiger partial charge in [0.1, 0.15) is 5.82 Å². The van der Waals surface area contributed by atoms with Crippen molar-refractivity contribution in [3.05, 3.63) is 70.3 Å². The Bertz CT molecular complexity index is 1290. The maximum absolute atomic E-state index is 13.5. The number of benzene rings is 1. The summed E-state index contributed by atoms with van der Waals surface area (Å²) in [6, 6.07) is 7.17. The Kier molecular flexibility index (Phi) is 6.84. The largest absolute Gasteiger partial charge is 0.297 e. The van der Waals surface area contributed by atoms with Crippen LogP contribution in [0.25, 0.3) is 10.9 Å². The first kappa shape index (κ1) is 23.5. The van der Waals surface area contributed by atoms with Crippen LogP contribution in [0.5, 0.6) is 0 Å². The van der Waals surface area contributed by atoms with Gasteiger partial charge < -0.3 is 0 Å². The summed E-state index contributed by atoms with van der Waals surface area (Å²) in [5.74, 6) is 0.349. The number of carbonyl (C=O) groups excluding carboxylic acids is 2. The summed E-state index contributed by atoms with van der Waals surface area (Å²) in [7, 11) is 0. The van der Waals surface area contributed by atoms with Crippen molar-refractivity contribution in [1.29, 1.82) is 0 Å². The van der Waals surface area contributed by atoms with E-state index in [9.17, 15) is 18.8 Å². The second-order valence-corrected chi connectivity index (χ2v) is 10.1. The average Bonchev–Trinajstić information content (AvgIpc) is 3.69. The van der Waals surface area contributed by atoms with E-state index in [0.29, 0.717) is 46.8 Å². The minimum absolute atomic E-state index is 0.0246. The molecule has 7 heteroatoms. The number of hydrogen-bond acceptors (Lipinski definition) is 5. The van der Waals surface area contributed by atoms with Crippen molar-refractivity contribution in [2.75, 3.05) is 0 Å². The summed E-state index contributed by atoms with van der Waals surface area (Å²) in [5, 5.41) is 0.400. The van der Waals surface area contributed by atoms with E-state index in [0.717, 1.165) is 44.7 Å². The molecule has 35 heavy (non-hydrogen) atoms. The van der Waals surface area contributed by atoms with Crippen LogP contribution in [0, 0.1) is 17.7 Å². The molecule has 0 radical (unpaired) electrons. The zero-order valence-corrected chi connectivity index (χ0v) is 19.8. The van der Waals surface area contributed by atoms with Crippen LogP contribution in [-0.4, -0.2) is 26.1 Å². The molecule has 1 aromatic carbocycles. The van der Waals surface area contributed by atoms with Crippen molar-refractivity contribution in [3.63, 3.8) is 0 Å². The predicted octanol–water partition coefficient (Wildman–Crippen LogP) is 5.24. The van der Waals surface area contributed by atoms with E-state index >= 15 is 0 Å². The molecule has 182 valence electrons. The number of hydrogen-bond donors (Lipinski definition) is 0. The van der Waals surface area contributed by atoms with Gasteiger partial charge in [0.25, 0.3) is 5.56 Å². The molecule has 2 aromatic heterocycles. The molecule has 2 aliphatic rings. The quantitative estimate of drug-likeness (QED) is 0.396. The molecule has 0 N–H and O–H groups in total. The van der Waals surface area contributed by atoms with Crippen LogP contribution in [0.3, 0.4) is 0 Å². The van der Waals surface area contributed by atoms with Gasteiger partial charge in [-0.25, -0.2) is 9.37 Å². The average molecular weight is 476 g/mol. The summed E-state index contributed by atoms with van der Waals surface area (Å²) < 4.78 is 14.7. The third kappa shape index (κ3) is 5.55. The highest BCUT2D eigenvalue weighted by atomic mass is 19.1. The first-order chi connectivity index (χ1) is 17.0. The van der Waals surface area contributed by atoms with Gasteiger partial charge in [0.15, 0.2) is 11.6 Å². The zero-order valence-electron chi connectivity index (χ0n) is 19.8. The highest BCUT2D eigenvalue weighted by molar-refractivity contribution is 5.99. The van der Waals surface area contributed by atoms with Gasteiger partial charge in [-0.15, -0.1) is 0 Å². The minimum atomic E-state index is -0.662. The molecule has 0 saturated heterocycles. The highest BCUT2D eigenvalue weighted by Crippen LogP contribution is 2.34. The number of ketones is 2. The molecule has 1 unspecified atom stereocenters. The van der Waals surface area contributed by atoms with Crippen LogP contribution in [0.15, 0.2) is 47.7 Å². The van der Waals surface area contributed by atoms with Crippen molar-refractivity contribution in [1.82, 2.24) is 14.5 Å². The third-order valence-corrected chi connectivity index (χ3v) is 7.41. The molecule has 0 spiro atoms. The molecule has 2 heterocycles. The first-order valence-corrected chi connectivity index (χ1v) is 12.6. The number of rotatable bonds is 9. The maximum atomic E-state index is 13.5. The van der Waals surface area contributed by atoms with Gasteiger partial charge in [-0.2, -0.15) is 0 Å². The Morgan fingerprint density at radius 3 is 2.51 bits per heavy atom. The van der Waals surface area contributed by atoms with Gasteiger partial charge >= 0.3 is 0 Å². The molecule has 0 bridgehead atoms. The van der Waals surface area contributed by atoms with E-state index < -0.39 is 11.9 Å². The molecular weight excluding hydrogens is 445 g/mol. The predicted molar refractivity (Wildman–Crippen MR) is 131 cm³/mol. The molecule has 1 atom stereocenters. The fraction of sp³-hybridized carbons (Fsp3) is 0.464. The van der Waals surface area contributed by atoms with Gasteiger partial charge in [-0.1, -0.05) is 38.2 Å². The standard InChI is InChI=1S/C28H30FN3O3/c29-21-9-10-22(30-16-21)15-27(34)25(12-18-4-2-1-3-5-18)32-17-31-24-14-20(8-11-23(24)28(32)35)26(33)13-19-6-7-19/h8-11,14,16-19,25H,1-7,12-13,15H2. The summed E-state index contributed by atoms with van der Waals surface area (Å²) >= 11 is 0. The third-order valence-electron chi connectivity index (χ3n) is 7.41. The summed E-state index contributed by atoms with van der Waals surface area (Å²) in [6.07, 6.45) is 11.4. The molecule has 3 aromatic rings. The summed E-state index contributed by atoms with van der Waals surface area (Å²) in [6.45, 7) is 0. The molecule has 6 nitrogen and oxygen atoms in total. The number of Topliss-reactive ketones (excluding diaryl/α,β-unsaturated/α-hetero) is 2. The highest BCUT2D eigenvalue weighted by Gasteiger charge is 2.28. The van der Waals surface area contributed by atoms with Gasteiger partial charge in [0, 0.05) is 17.7 Å². The van der Waals surface area contributed by atoms with Crippen molar-refractivity contribution in [3.8, 4) is 0 Å². The van der Waals surface area contributed by atoms with Crippen LogP contribution in [-0.2, 0) is 11.2 Å². The normalized spacial score (nSPS) is 17.4. The van der Waals surface area contributed by atoms with E-state index in [1.54, 1.807) is 18.2 Å². The van der Waals surface area contributed by atoms with Gasteiger partial charge in [-0.05, 0) is 55.4 Å². The monoisotopic (exact) mass is 475 g/mol. The zero-order chi connectivity index (χ0) is 24.4. The number of fused-ring (bicyclic) bond motifs is 1. The molecule has 0 amide bonds. The van der Waals surface area contributed by atoms with Crippen LogP contribution in [0.2, 0.25) is 0 Å². The van der Waals surface area contributed by atoms with Gasteiger partial charge in [-0.3, -0.25) is 23.9 Å². The Morgan fingerprint density at radius 2 is 1.80 bits per heavy atom. The summed E-state index contributed by atoms with van der Waals surface area (Å²) in [5.41, 5.74) is 1.24. The number of carbonyl (C=O) groups is 2. The van der Waals surface area contributed by atoms with E-state index in [1.807, 2.05) is 0 Å². The van der Waals surface area contributed by atoms with Crippen LogP contribution >= 0.6 is 0 Å². The van der Waals surface area contributed by atoms with Crippen LogP contribution in [0.4, 0.5) is 4.39 Å². The van der Waals surface area contributed by atoms with E-state index in [2.05, 4.69) is 9.97 Å². The molecule has 5 rings (SSSR count). The Hall–Kier alpha value is -3.22. The molecular formula is C28H30FN3O3. The fourth-order valence-electron chi connectivity index (χ4n) is 5.18. The topological polar surface area (TPSA) is 81.9 Å². The van der Waals surface area contributed by atoms with Gasteiger partial charge in [0.05, 0.1) is 35.9 Å². The first-order valence-electron chi connectivity index (χ1n) is 12.6. The second-order valence-electron chi connectivity index (χ2n) is 10.1. The lowest BCUT2D eigenvalue weighted by Crippen LogP contribution is -2.33. The lowest BCUT2D eigenvalue weighted by atomic mass is 9.83. The van der Waals surface area contributed by atoms with E-state index in [4.69, 9.17) is 0 Å². The SMILES string of the molecule is O=C(CC1CC1)c1ccc2c(=O)n(C(CC3CCCCC3)C(=O)Cc3ccc(F)cn3)cnc2c1. The lowest BCUT2D eigenvalue weighted by Gasteiger charge is -2.27. The molecule has 2 fully saturated rings. The van der Waals surface area contributed by atoms with E-state index in [1.165, 1.54) is 29.4 Å². The Balaban J connectivity index is 1.45. The minimum Gasteiger partial charge on any atom is -0.297 e. The van der Waals surface area contributed by atoms with Gasteiger partial charge in [0.2, 0.25) is 0 Å². The summed E-state index contributed by atoms with van der Waals surface area (Å²) in [4.78, 5) is 48.0. The maximum Gasteiger partial charge on any atom is 0.261 e. The van der Waals surface area contributed by atoms with Crippen molar-refractivity contribution in [2.45, 2.75) is 70.3 Å². The van der Waals surface area contributed by atoms with Crippen molar-refractivity contribution < 1.29 is 14.0 Å². The number of halogens is 1. The number of pyridine rings is 1. The Labute approximate surface area is 203 Å². The second kappa shape index (κ2) is 10.2. The smallest absolute Gasteiger partial charge is 0.261 e. The molecule has 0 aliphatic heterocycles. The van der Waals surface area contributed by atoms with Crippen LogP contribution < -0.4 is 5.56 Å². The fourth-order valence-corrected chi connectivity index (χ4v) is 5.18. The molecule has 2 saturated carbocycles. The number of aromatic nitrogens is 3. The lowest BCUT2D eigenvalue weighted by molar-refractivity contribution is -0.122. The van der Waals surface area contributed by atoms with Crippen molar-refractivity contribution >= 4 is 22.5 Å². The van der Waals surface area contributed by atoms with Crippen molar-refractivity contribution in [2.24, 2.45) is 11.8 Å². The Morgan fingerprint density at radius 1 is 1.00 bits per heavy atom.